The standard InChI is InChI=1S/C13H14BrN3O4S2/c1-8-4-3-5-9(6-8)23(19,20)17-12(18)16-13-15-10(7-21-2)11(14)22-13/h3-6H,7H2,1-2H3,(H2,15,16,17,18). The highest BCUT2D eigenvalue weighted by Crippen LogP contribution is 2.28. The molecule has 7 nitrogen and oxygen atoms in total. The summed E-state index contributed by atoms with van der Waals surface area (Å²) in [6, 6.07) is 5.39. The highest BCUT2D eigenvalue weighted by molar-refractivity contribution is 9.11. The topological polar surface area (TPSA) is 97.4 Å². The van der Waals surface area contributed by atoms with Gasteiger partial charge >= 0.3 is 6.03 Å². The molecule has 1 aromatic heterocycles. The minimum atomic E-state index is -3.94. The lowest BCUT2D eigenvalue weighted by Crippen LogP contribution is -2.34. The average Bonchev–Trinajstić information content (AvgIpc) is 2.78. The number of benzene rings is 1. The first-order valence-electron chi connectivity index (χ1n) is 6.36. The van der Waals surface area contributed by atoms with Crippen LogP contribution < -0.4 is 10.0 Å². The number of halogens is 1. The van der Waals surface area contributed by atoms with Crippen LogP contribution in [0.25, 0.3) is 0 Å². The van der Waals surface area contributed by atoms with Crippen LogP contribution in [0.1, 0.15) is 11.3 Å². The van der Waals surface area contributed by atoms with Gasteiger partial charge in [0.2, 0.25) is 0 Å². The van der Waals surface area contributed by atoms with E-state index < -0.39 is 16.1 Å². The van der Waals surface area contributed by atoms with Crippen molar-refractivity contribution in [3.05, 3.63) is 39.3 Å². The van der Waals surface area contributed by atoms with E-state index in [0.29, 0.717) is 9.48 Å². The van der Waals surface area contributed by atoms with Crippen molar-refractivity contribution in [2.75, 3.05) is 12.4 Å². The Morgan fingerprint density at radius 1 is 1.43 bits per heavy atom. The highest BCUT2D eigenvalue weighted by atomic mass is 79.9. The van der Waals surface area contributed by atoms with E-state index >= 15 is 0 Å². The molecule has 10 heteroatoms. The lowest BCUT2D eigenvalue weighted by molar-refractivity contribution is 0.181. The minimum absolute atomic E-state index is 0.0213. The molecule has 2 rings (SSSR count). The molecule has 0 aliphatic carbocycles. The molecule has 2 N–H and O–H groups in total. The van der Waals surface area contributed by atoms with Gasteiger partial charge in [0, 0.05) is 7.11 Å². The molecule has 23 heavy (non-hydrogen) atoms. The van der Waals surface area contributed by atoms with Gasteiger partial charge in [-0.1, -0.05) is 23.5 Å². The molecule has 2 amide bonds. The summed E-state index contributed by atoms with van der Waals surface area (Å²) in [5.41, 5.74) is 1.40. The zero-order chi connectivity index (χ0) is 17.0. The first-order valence-corrected chi connectivity index (χ1v) is 9.45. The number of nitrogens with zero attached hydrogens (tertiary/aromatic N) is 1. The molecule has 1 aromatic carbocycles. The Kier molecular flexibility index (Phi) is 5.74. The molecular weight excluding hydrogens is 406 g/mol. The number of urea groups is 1. The molecule has 124 valence electrons. The van der Waals surface area contributed by atoms with E-state index in [2.05, 4.69) is 26.2 Å². The summed E-state index contributed by atoms with van der Waals surface area (Å²) in [5, 5.41) is 2.66. The Morgan fingerprint density at radius 2 is 2.17 bits per heavy atom. The number of carbonyl (C=O) groups is 1. The fraction of sp³-hybridized carbons (Fsp3) is 0.231. The summed E-state index contributed by atoms with van der Waals surface area (Å²) in [4.78, 5) is 16.0. The maximum atomic E-state index is 12.1. The molecule has 0 saturated carbocycles. The Bertz CT molecular complexity index is 820. The second kappa shape index (κ2) is 7.39. The maximum Gasteiger partial charge on any atom is 0.334 e. The summed E-state index contributed by atoms with van der Waals surface area (Å²) < 4.78 is 31.9. The summed E-state index contributed by atoms with van der Waals surface area (Å²) in [7, 11) is -2.41. The molecule has 0 bridgehead atoms. The number of ether oxygens (including phenoxy) is 1. The van der Waals surface area contributed by atoms with Crippen molar-refractivity contribution in [3.8, 4) is 0 Å². The van der Waals surface area contributed by atoms with E-state index in [1.54, 1.807) is 19.1 Å². The van der Waals surface area contributed by atoms with Gasteiger partial charge in [0.25, 0.3) is 10.0 Å². The number of thiazole rings is 1. The summed E-state index contributed by atoms with van der Waals surface area (Å²) in [6.07, 6.45) is 0. The van der Waals surface area contributed by atoms with E-state index in [1.807, 2.05) is 4.72 Å². The van der Waals surface area contributed by atoms with Crippen LogP contribution in [0.15, 0.2) is 32.9 Å². The third-order valence-corrected chi connectivity index (χ3v) is 5.75. The van der Waals surface area contributed by atoms with Gasteiger partial charge in [-0.2, -0.15) is 0 Å². The Hall–Kier alpha value is -1.49. The summed E-state index contributed by atoms with van der Waals surface area (Å²) >= 11 is 4.47. The fourth-order valence-electron chi connectivity index (χ4n) is 1.70. The third-order valence-electron chi connectivity index (χ3n) is 2.68. The van der Waals surface area contributed by atoms with Gasteiger partial charge in [-0.15, -0.1) is 0 Å². The first kappa shape index (κ1) is 17.9. The minimum Gasteiger partial charge on any atom is -0.378 e. The van der Waals surface area contributed by atoms with E-state index in [9.17, 15) is 13.2 Å². The molecule has 0 aliphatic heterocycles. The largest absolute Gasteiger partial charge is 0.378 e. The number of nitrogens with one attached hydrogen (secondary N) is 2. The van der Waals surface area contributed by atoms with Crippen LogP contribution >= 0.6 is 27.3 Å². The first-order chi connectivity index (χ1) is 10.8. The molecule has 0 spiro atoms. The Labute approximate surface area is 146 Å². The van der Waals surface area contributed by atoms with Crippen LogP contribution in [0, 0.1) is 6.92 Å². The number of aromatic nitrogens is 1. The second-order valence-corrected chi connectivity index (χ2v) is 8.55. The smallest absolute Gasteiger partial charge is 0.334 e. The quantitative estimate of drug-likeness (QED) is 0.776. The lowest BCUT2D eigenvalue weighted by Gasteiger charge is -2.07. The number of methoxy groups -OCH3 is 1. The Morgan fingerprint density at radius 3 is 2.83 bits per heavy atom. The molecule has 0 aliphatic rings. The molecule has 0 saturated heterocycles. The highest BCUT2D eigenvalue weighted by Gasteiger charge is 2.19. The van der Waals surface area contributed by atoms with E-state index in [1.165, 1.54) is 30.6 Å². The van der Waals surface area contributed by atoms with Crippen LogP contribution in [0.5, 0.6) is 0 Å². The molecule has 0 atom stereocenters. The van der Waals surface area contributed by atoms with Crippen molar-refractivity contribution >= 4 is 48.5 Å². The molecule has 0 unspecified atom stereocenters. The van der Waals surface area contributed by atoms with Crippen LogP contribution in [0.4, 0.5) is 9.93 Å². The molecule has 1 heterocycles. The van der Waals surface area contributed by atoms with Gasteiger partial charge in [0.1, 0.15) is 0 Å². The van der Waals surface area contributed by atoms with Crippen molar-refractivity contribution in [1.82, 2.24) is 9.71 Å². The average molecular weight is 420 g/mol. The maximum absolute atomic E-state index is 12.1. The van der Waals surface area contributed by atoms with Crippen molar-refractivity contribution in [3.63, 3.8) is 0 Å². The molecule has 0 radical (unpaired) electrons. The SMILES string of the molecule is COCc1nc(NC(=O)NS(=O)(=O)c2cccc(C)c2)sc1Br. The van der Waals surface area contributed by atoms with Crippen LogP contribution in [0.3, 0.4) is 0 Å². The van der Waals surface area contributed by atoms with E-state index in [0.717, 1.165) is 5.56 Å². The van der Waals surface area contributed by atoms with Gasteiger partial charge in [-0.3, -0.25) is 5.32 Å². The van der Waals surface area contributed by atoms with Crippen molar-refractivity contribution in [2.24, 2.45) is 0 Å². The predicted octanol–water partition coefficient (Wildman–Crippen LogP) is 2.87. The number of aryl methyl sites for hydroxylation is 1. The monoisotopic (exact) mass is 419 g/mol. The Balaban J connectivity index is 2.08. The van der Waals surface area contributed by atoms with Crippen LogP contribution in [0.2, 0.25) is 0 Å². The summed E-state index contributed by atoms with van der Waals surface area (Å²) in [5.74, 6) is 0. The number of hydrogen-bond donors (Lipinski definition) is 2. The van der Waals surface area contributed by atoms with Crippen molar-refractivity contribution in [2.45, 2.75) is 18.4 Å². The van der Waals surface area contributed by atoms with E-state index in [-0.39, 0.29) is 16.6 Å². The fourth-order valence-corrected chi connectivity index (χ4v) is 4.06. The van der Waals surface area contributed by atoms with Gasteiger partial charge < -0.3 is 4.74 Å². The second-order valence-electron chi connectivity index (χ2n) is 4.55. The van der Waals surface area contributed by atoms with Gasteiger partial charge in [-0.25, -0.2) is 22.9 Å². The molecule has 2 aromatic rings. The molecule has 0 fully saturated rings. The van der Waals surface area contributed by atoms with Crippen molar-refractivity contribution in [1.29, 1.82) is 0 Å². The summed E-state index contributed by atoms with van der Waals surface area (Å²) in [6.45, 7) is 2.05. The van der Waals surface area contributed by atoms with E-state index in [4.69, 9.17) is 4.74 Å². The number of anilines is 1. The number of hydrogen-bond acceptors (Lipinski definition) is 6. The lowest BCUT2D eigenvalue weighted by atomic mass is 10.2. The zero-order valence-electron chi connectivity index (χ0n) is 12.3. The van der Waals surface area contributed by atoms with Gasteiger partial charge in [-0.05, 0) is 40.5 Å². The zero-order valence-corrected chi connectivity index (χ0v) is 15.5. The number of carbonyl (C=O) groups excluding carboxylic acids is 1. The third kappa shape index (κ3) is 4.74. The molecular formula is C13H14BrN3O4S2. The number of amides is 2. The van der Waals surface area contributed by atoms with Crippen LogP contribution in [-0.2, 0) is 21.4 Å². The van der Waals surface area contributed by atoms with Crippen LogP contribution in [-0.4, -0.2) is 26.5 Å². The number of rotatable bonds is 5. The predicted molar refractivity (Wildman–Crippen MR) is 91.0 cm³/mol. The van der Waals surface area contributed by atoms with Gasteiger partial charge in [0.15, 0.2) is 5.13 Å². The van der Waals surface area contributed by atoms with Gasteiger partial charge in [0.05, 0.1) is 21.0 Å². The van der Waals surface area contributed by atoms with Crippen molar-refractivity contribution < 1.29 is 17.9 Å². The number of sulfonamides is 1. The normalized spacial score (nSPS) is 11.3.